The molecule has 0 heterocycles. The number of urea groups is 1. The second-order valence-electron chi connectivity index (χ2n) is 3.75. The minimum Gasteiger partial charge on any atom is -0.387 e. The Bertz CT molecular complexity index is 423. The molecule has 1 atom stereocenters. The van der Waals surface area contributed by atoms with Crippen LogP contribution in [0.1, 0.15) is 11.7 Å². The van der Waals surface area contributed by atoms with Crippen LogP contribution in [0.3, 0.4) is 0 Å². The van der Waals surface area contributed by atoms with Gasteiger partial charge in [0.2, 0.25) is 0 Å². The highest BCUT2D eigenvalue weighted by molar-refractivity contribution is 6.30. The number of aliphatic hydroxyl groups is 1. The molecule has 106 valence electrons. The predicted octanol–water partition coefficient (Wildman–Crippen LogP) is 2.23. The number of carbonyl (C=O) groups excluding carboxylic acids is 1. The molecular formula is C11H12ClF3N2O2. The van der Waals surface area contributed by atoms with E-state index in [1.54, 1.807) is 29.6 Å². The summed E-state index contributed by atoms with van der Waals surface area (Å²) in [6, 6.07) is 5.24. The van der Waals surface area contributed by atoms with Gasteiger partial charge in [-0.3, -0.25) is 0 Å². The number of hydrogen-bond acceptors (Lipinski definition) is 2. The van der Waals surface area contributed by atoms with Gasteiger partial charge in [-0.2, -0.15) is 13.2 Å². The Kier molecular flexibility index (Phi) is 5.44. The van der Waals surface area contributed by atoms with Crippen LogP contribution in [0.15, 0.2) is 24.3 Å². The molecule has 0 fully saturated rings. The lowest BCUT2D eigenvalue weighted by atomic mass is 10.1. The van der Waals surface area contributed by atoms with E-state index in [1.165, 1.54) is 0 Å². The molecule has 0 aliphatic rings. The SMILES string of the molecule is O=C(NCC(O)c1ccc(Cl)cc1)NCC(F)(F)F. The third kappa shape index (κ3) is 6.30. The molecule has 0 aromatic heterocycles. The van der Waals surface area contributed by atoms with Crippen molar-refractivity contribution in [1.29, 1.82) is 0 Å². The van der Waals surface area contributed by atoms with Crippen LogP contribution >= 0.6 is 11.6 Å². The van der Waals surface area contributed by atoms with Crippen molar-refractivity contribution < 1.29 is 23.1 Å². The molecule has 0 spiro atoms. The normalized spacial score (nSPS) is 12.9. The Morgan fingerprint density at radius 3 is 2.37 bits per heavy atom. The van der Waals surface area contributed by atoms with Gasteiger partial charge < -0.3 is 15.7 Å². The second kappa shape index (κ2) is 6.63. The summed E-state index contributed by atoms with van der Waals surface area (Å²) in [5.41, 5.74) is 0.500. The minimum atomic E-state index is -4.47. The molecule has 0 saturated carbocycles. The first-order valence-electron chi connectivity index (χ1n) is 5.30. The maximum atomic E-state index is 11.8. The first kappa shape index (κ1) is 15.6. The molecule has 2 amide bonds. The van der Waals surface area contributed by atoms with E-state index in [1.807, 2.05) is 0 Å². The van der Waals surface area contributed by atoms with Crippen molar-refractivity contribution in [3.8, 4) is 0 Å². The predicted molar refractivity (Wildman–Crippen MR) is 63.9 cm³/mol. The van der Waals surface area contributed by atoms with Crippen LogP contribution in [0.4, 0.5) is 18.0 Å². The van der Waals surface area contributed by atoms with Crippen molar-refractivity contribution in [2.45, 2.75) is 12.3 Å². The zero-order valence-electron chi connectivity index (χ0n) is 9.67. The average Bonchev–Trinajstić information content (AvgIpc) is 2.33. The molecule has 3 N–H and O–H groups in total. The Morgan fingerprint density at radius 1 is 1.26 bits per heavy atom. The van der Waals surface area contributed by atoms with Crippen molar-refractivity contribution >= 4 is 17.6 Å². The van der Waals surface area contributed by atoms with Gasteiger partial charge in [0, 0.05) is 11.6 Å². The van der Waals surface area contributed by atoms with Crippen LogP contribution in [0, 0.1) is 0 Å². The first-order chi connectivity index (χ1) is 8.78. The van der Waals surface area contributed by atoms with Gasteiger partial charge in [-0.25, -0.2) is 4.79 Å². The van der Waals surface area contributed by atoms with E-state index in [0.717, 1.165) is 0 Å². The van der Waals surface area contributed by atoms with E-state index < -0.39 is 24.9 Å². The maximum Gasteiger partial charge on any atom is 0.405 e. The lowest BCUT2D eigenvalue weighted by molar-refractivity contribution is -0.122. The molecule has 19 heavy (non-hydrogen) atoms. The topological polar surface area (TPSA) is 61.4 Å². The molecule has 0 saturated heterocycles. The van der Waals surface area contributed by atoms with Gasteiger partial charge >= 0.3 is 12.2 Å². The molecule has 1 aromatic rings. The van der Waals surface area contributed by atoms with Crippen LogP contribution < -0.4 is 10.6 Å². The summed E-state index contributed by atoms with van der Waals surface area (Å²) in [6.07, 6.45) is -5.49. The molecule has 0 bridgehead atoms. The van der Waals surface area contributed by atoms with Crippen LogP contribution in [0.25, 0.3) is 0 Å². The quantitative estimate of drug-likeness (QED) is 0.798. The van der Waals surface area contributed by atoms with Crippen LogP contribution in [0.5, 0.6) is 0 Å². The number of carbonyl (C=O) groups is 1. The molecule has 8 heteroatoms. The molecule has 1 rings (SSSR count). The third-order valence-corrected chi connectivity index (χ3v) is 2.41. The average molecular weight is 297 g/mol. The van der Waals surface area contributed by atoms with E-state index in [9.17, 15) is 23.1 Å². The molecular weight excluding hydrogens is 285 g/mol. The van der Waals surface area contributed by atoms with Gasteiger partial charge in [0.25, 0.3) is 0 Å². The highest BCUT2D eigenvalue weighted by atomic mass is 35.5. The van der Waals surface area contributed by atoms with E-state index in [2.05, 4.69) is 5.32 Å². The van der Waals surface area contributed by atoms with Gasteiger partial charge in [-0.1, -0.05) is 23.7 Å². The number of amides is 2. The Balaban J connectivity index is 2.35. The Morgan fingerprint density at radius 2 is 1.84 bits per heavy atom. The minimum absolute atomic E-state index is 0.203. The van der Waals surface area contributed by atoms with Crippen LogP contribution in [-0.2, 0) is 0 Å². The monoisotopic (exact) mass is 296 g/mol. The molecule has 1 aromatic carbocycles. The fraction of sp³-hybridized carbons (Fsp3) is 0.364. The van der Waals surface area contributed by atoms with Gasteiger partial charge in [0.1, 0.15) is 6.54 Å². The smallest absolute Gasteiger partial charge is 0.387 e. The fourth-order valence-corrected chi connectivity index (χ4v) is 1.36. The van der Waals surface area contributed by atoms with E-state index in [0.29, 0.717) is 10.6 Å². The lowest BCUT2D eigenvalue weighted by Gasteiger charge is -2.13. The summed E-state index contributed by atoms with van der Waals surface area (Å²) in [5.74, 6) is 0. The molecule has 4 nitrogen and oxygen atoms in total. The largest absolute Gasteiger partial charge is 0.405 e. The summed E-state index contributed by atoms with van der Waals surface area (Å²) in [7, 11) is 0. The van der Waals surface area contributed by atoms with Gasteiger partial charge in [-0.05, 0) is 17.7 Å². The summed E-state index contributed by atoms with van der Waals surface area (Å²) >= 11 is 5.66. The van der Waals surface area contributed by atoms with Gasteiger partial charge in [0.15, 0.2) is 0 Å². The third-order valence-electron chi connectivity index (χ3n) is 2.16. The maximum absolute atomic E-state index is 11.8. The van der Waals surface area contributed by atoms with Crippen molar-refractivity contribution in [2.24, 2.45) is 0 Å². The fourth-order valence-electron chi connectivity index (χ4n) is 1.24. The summed E-state index contributed by atoms with van der Waals surface area (Å²) in [4.78, 5) is 11.0. The number of hydrogen-bond donors (Lipinski definition) is 3. The van der Waals surface area contributed by atoms with Crippen LogP contribution in [0.2, 0.25) is 5.02 Å². The van der Waals surface area contributed by atoms with E-state index in [-0.39, 0.29) is 6.54 Å². The number of rotatable bonds is 4. The second-order valence-corrected chi connectivity index (χ2v) is 4.18. The molecule has 0 aliphatic carbocycles. The molecule has 0 radical (unpaired) electrons. The van der Waals surface area contributed by atoms with Crippen molar-refractivity contribution in [3.63, 3.8) is 0 Å². The first-order valence-corrected chi connectivity index (χ1v) is 5.68. The van der Waals surface area contributed by atoms with Crippen molar-refractivity contribution in [3.05, 3.63) is 34.9 Å². The van der Waals surface area contributed by atoms with Gasteiger partial charge in [0.05, 0.1) is 6.10 Å². The highest BCUT2D eigenvalue weighted by Crippen LogP contribution is 2.15. The number of aliphatic hydroxyl groups excluding tert-OH is 1. The van der Waals surface area contributed by atoms with Gasteiger partial charge in [-0.15, -0.1) is 0 Å². The Labute approximate surface area is 112 Å². The summed E-state index contributed by atoms with van der Waals surface area (Å²) < 4.78 is 35.4. The lowest BCUT2D eigenvalue weighted by Crippen LogP contribution is -2.42. The van der Waals surface area contributed by atoms with E-state index >= 15 is 0 Å². The Hall–Kier alpha value is -1.47. The molecule has 1 unspecified atom stereocenters. The standard InChI is InChI=1S/C11H12ClF3N2O2/c12-8-3-1-7(2-4-8)9(18)5-16-10(19)17-6-11(13,14)15/h1-4,9,18H,5-6H2,(H2,16,17,19). The molecule has 0 aliphatic heterocycles. The highest BCUT2D eigenvalue weighted by Gasteiger charge is 2.27. The summed E-state index contributed by atoms with van der Waals surface area (Å²) in [6.45, 7) is -1.62. The van der Waals surface area contributed by atoms with Crippen LogP contribution in [-0.4, -0.2) is 30.4 Å². The zero-order valence-corrected chi connectivity index (χ0v) is 10.4. The zero-order chi connectivity index (χ0) is 14.5. The van der Waals surface area contributed by atoms with Crippen molar-refractivity contribution in [2.75, 3.05) is 13.1 Å². The van der Waals surface area contributed by atoms with E-state index in [4.69, 9.17) is 11.6 Å². The van der Waals surface area contributed by atoms with Crippen molar-refractivity contribution in [1.82, 2.24) is 10.6 Å². The summed E-state index contributed by atoms with van der Waals surface area (Å²) in [5, 5.41) is 13.9. The number of benzene rings is 1. The number of nitrogens with one attached hydrogen (secondary N) is 2. The number of halogens is 4. The number of alkyl halides is 3.